The van der Waals surface area contributed by atoms with Crippen LogP contribution in [-0.2, 0) is 11.5 Å². The molecule has 1 unspecified atom stereocenters. The van der Waals surface area contributed by atoms with Crippen LogP contribution in [0.1, 0.15) is 11.3 Å². The molecule has 1 atom stereocenters. The highest BCUT2D eigenvalue weighted by Gasteiger charge is 2.33. The van der Waals surface area contributed by atoms with E-state index in [0.29, 0.717) is 12.0 Å². The first-order chi connectivity index (χ1) is 6.50. The number of alkyl halides is 1. The average molecular weight is 215 g/mol. The first-order valence-corrected chi connectivity index (χ1v) is 4.34. The monoisotopic (exact) mass is 214 g/mol. The molecule has 2 N–H and O–H groups in total. The molecule has 4 nitrogen and oxygen atoms in total. The lowest BCUT2D eigenvalue weighted by atomic mass is 10.0. The second kappa shape index (κ2) is 2.87. The molecule has 1 heterocycles. The zero-order valence-electron chi connectivity index (χ0n) is 7.03. The molecule has 1 aliphatic rings. The number of hydrogen-bond acceptors (Lipinski definition) is 4. The molecule has 5 heteroatoms. The van der Waals surface area contributed by atoms with Gasteiger partial charge in [-0.1, -0.05) is 17.7 Å². The number of rotatable bonds is 0. The summed E-state index contributed by atoms with van der Waals surface area (Å²) in [5, 5.41) is 17.2. The number of hydrogen-bond donors (Lipinski definition) is 2. The maximum atomic E-state index is 10.9. The van der Waals surface area contributed by atoms with Crippen molar-refractivity contribution in [1.82, 2.24) is 0 Å². The van der Waals surface area contributed by atoms with Crippen LogP contribution in [0.15, 0.2) is 27.4 Å². The number of halogens is 1. The lowest BCUT2D eigenvalue weighted by Crippen LogP contribution is -2.22. The molecule has 0 saturated heterocycles. The van der Waals surface area contributed by atoms with Crippen LogP contribution >= 0.6 is 11.6 Å². The molecule has 1 aliphatic carbocycles. The molecule has 0 saturated carbocycles. The lowest BCUT2D eigenvalue weighted by molar-refractivity contribution is 0.141. The second-order valence-corrected chi connectivity index (χ2v) is 3.61. The predicted molar refractivity (Wildman–Crippen MR) is 49.2 cm³/mol. The molecule has 1 aromatic heterocycles. The van der Waals surface area contributed by atoms with Crippen molar-refractivity contribution in [3.8, 4) is 5.75 Å². The third kappa shape index (κ3) is 1.32. The van der Waals surface area contributed by atoms with E-state index in [1.807, 2.05) is 0 Å². The van der Waals surface area contributed by atoms with Crippen molar-refractivity contribution in [3.05, 3.63) is 40.0 Å². The fourth-order valence-corrected chi connectivity index (χ4v) is 1.64. The van der Waals surface area contributed by atoms with Gasteiger partial charge in [-0.2, -0.15) is 0 Å². The number of allylic oxidation sites excluding steroid dienone is 1. The zero-order chi connectivity index (χ0) is 10.3. The number of fused-ring (bicyclic) bond motifs is 1. The standard InChI is InChI=1S/C9H7ClO4/c10-9(13)3-1-2-5-6(11)4-7(12)14-8(5)9/h1,3-4,11,13H,2H2. The van der Waals surface area contributed by atoms with Crippen LogP contribution in [0, 0.1) is 0 Å². The van der Waals surface area contributed by atoms with Crippen LogP contribution in [0.4, 0.5) is 0 Å². The Morgan fingerprint density at radius 2 is 2.29 bits per heavy atom. The summed E-state index contributed by atoms with van der Waals surface area (Å²) in [6.45, 7) is 0. The summed E-state index contributed by atoms with van der Waals surface area (Å²) in [7, 11) is 0. The normalized spacial score (nSPS) is 24.7. The first kappa shape index (κ1) is 9.30. The largest absolute Gasteiger partial charge is 0.507 e. The quantitative estimate of drug-likeness (QED) is 0.496. The Kier molecular flexibility index (Phi) is 1.90. The van der Waals surface area contributed by atoms with Crippen molar-refractivity contribution in [2.45, 2.75) is 11.5 Å². The Balaban J connectivity index is 2.74. The van der Waals surface area contributed by atoms with E-state index in [-0.39, 0.29) is 11.5 Å². The van der Waals surface area contributed by atoms with Gasteiger partial charge in [0.25, 0.3) is 0 Å². The fraction of sp³-hybridized carbons (Fsp3) is 0.222. The summed E-state index contributed by atoms with van der Waals surface area (Å²) >= 11 is 5.67. The van der Waals surface area contributed by atoms with Gasteiger partial charge in [0.15, 0.2) is 5.76 Å². The molecule has 2 rings (SSSR count). The second-order valence-electron chi connectivity index (χ2n) is 3.04. The highest BCUT2D eigenvalue weighted by Crippen LogP contribution is 2.36. The van der Waals surface area contributed by atoms with E-state index in [0.717, 1.165) is 6.07 Å². The van der Waals surface area contributed by atoms with Crippen LogP contribution in [-0.4, -0.2) is 10.2 Å². The molecule has 0 fully saturated rings. The molecule has 0 radical (unpaired) electrons. The van der Waals surface area contributed by atoms with Gasteiger partial charge in [0.05, 0.1) is 6.07 Å². The molecular formula is C9H7ClO4. The van der Waals surface area contributed by atoms with Gasteiger partial charge >= 0.3 is 5.63 Å². The maximum absolute atomic E-state index is 10.9. The third-order valence-electron chi connectivity index (χ3n) is 2.02. The van der Waals surface area contributed by atoms with Gasteiger partial charge in [-0.25, -0.2) is 4.79 Å². The Hall–Kier alpha value is -1.26. The molecule has 14 heavy (non-hydrogen) atoms. The SMILES string of the molecule is O=c1cc(O)c2c(o1)C(O)(Cl)C=CC2. The first-order valence-electron chi connectivity index (χ1n) is 3.96. The highest BCUT2D eigenvalue weighted by molar-refractivity contribution is 6.24. The summed E-state index contributed by atoms with van der Waals surface area (Å²) < 4.78 is 4.75. The smallest absolute Gasteiger partial charge is 0.339 e. The van der Waals surface area contributed by atoms with Crippen molar-refractivity contribution >= 4 is 11.6 Å². The van der Waals surface area contributed by atoms with Gasteiger partial charge in [-0.15, -0.1) is 0 Å². The van der Waals surface area contributed by atoms with Gasteiger partial charge < -0.3 is 14.6 Å². The van der Waals surface area contributed by atoms with Crippen LogP contribution in [0.3, 0.4) is 0 Å². The summed E-state index contributed by atoms with van der Waals surface area (Å²) in [6.07, 6.45) is 3.27. The van der Waals surface area contributed by atoms with E-state index >= 15 is 0 Å². The minimum atomic E-state index is -1.84. The van der Waals surface area contributed by atoms with E-state index in [1.54, 1.807) is 6.08 Å². The molecular weight excluding hydrogens is 208 g/mol. The van der Waals surface area contributed by atoms with Crippen molar-refractivity contribution in [2.24, 2.45) is 0 Å². The minimum absolute atomic E-state index is 0.105. The van der Waals surface area contributed by atoms with Gasteiger partial charge in [-0.05, 0) is 12.5 Å². The van der Waals surface area contributed by atoms with Gasteiger partial charge in [-0.3, -0.25) is 0 Å². The van der Waals surface area contributed by atoms with Crippen LogP contribution in [0.5, 0.6) is 5.75 Å². The Morgan fingerprint density at radius 3 is 3.00 bits per heavy atom. The summed E-state index contributed by atoms with van der Waals surface area (Å²) in [6, 6.07) is 0.949. The predicted octanol–water partition coefficient (Wildman–Crippen LogP) is 0.842. The van der Waals surface area contributed by atoms with E-state index in [4.69, 9.17) is 16.0 Å². The van der Waals surface area contributed by atoms with Gasteiger partial charge in [0, 0.05) is 5.56 Å². The minimum Gasteiger partial charge on any atom is -0.507 e. The van der Waals surface area contributed by atoms with Gasteiger partial charge in [0.1, 0.15) is 5.75 Å². The zero-order valence-corrected chi connectivity index (χ0v) is 7.78. The van der Waals surface area contributed by atoms with Crippen molar-refractivity contribution in [3.63, 3.8) is 0 Å². The van der Waals surface area contributed by atoms with E-state index in [9.17, 15) is 15.0 Å². The third-order valence-corrected chi connectivity index (χ3v) is 2.32. The Morgan fingerprint density at radius 1 is 1.57 bits per heavy atom. The lowest BCUT2D eigenvalue weighted by Gasteiger charge is -2.21. The Labute approximate surface area is 84.1 Å². The molecule has 0 bridgehead atoms. The van der Waals surface area contributed by atoms with Crippen LogP contribution in [0.2, 0.25) is 0 Å². The fourth-order valence-electron chi connectivity index (χ4n) is 1.40. The average Bonchev–Trinajstić information content (AvgIpc) is 2.06. The van der Waals surface area contributed by atoms with E-state index < -0.39 is 10.7 Å². The molecule has 0 spiro atoms. The van der Waals surface area contributed by atoms with Crippen LogP contribution in [0.25, 0.3) is 0 Å². The number of aliphatic hydroxyl groups is 1. The van der Waals surface area contributed by atoms with Crippen molar-refractivity contribution in [1.29, 1.82) is 0 Å². The Bertz CT molecular complexity index is 458. The molecule has 74 valence electrons. The molecule has 0 amide bonds. The topological polar surface area (TPSA) is 70.7 Å². The number of aromatic hydroxyl groups is 1. The molecule has 0 aromatic carbocycles. The van der Waals surface area contributed by atoms with E-state index in [2.05, 4.69) is 0 Å². The summed E-state index contributed by atoms with van der Waals surface area (Å²) in [5.41, 5.74) is -0.403. The summed E-state index contributed by atoms with van der Waals surface area (Å²) in [4.78, 5) is 10.9. The molecule has 1 aromatic rings. The van der Waals surface area contributed by atoms with Crippen LogP contribution < -0.4 is 5.63 Å². The highest BCUT2D eigenvalue weighted by atomic mass is 35.5. The van der Waals surface area contributed by atoms with Crippen molar-refractivity contribution < 1.29 is 14.6 Å². The summed E-state index contributed by atoms with van der Waals surface area (Å²) in [5.74, 6) is -0.314. The van der Waals surface area contributed by atoms with Gasteiger partial charge in [0.2, 0.25) is 5.06 Å². The van der Waals surface area contributed by atoms with E-state index in [1.165, 1.54) is 6.08 Å². The maximum Gasteiger partial charge on any atom is 0.339 e. The van der Waals surface area contributed by atoms with Crippen molar-refractivity contribution in [2.75, 3.05) is 0 Å². The molecule has 0 aliphatic heterocycles.